The van der Waals surface area contributed by atoms with E-state index in [1.807, 2.05) is 0 Å². The minimum absolute atomic E-state index is 0.685. The van der Waals surface area contributed by atoms with E-state index in [1.165, 1.54) is 25.9 Å². The summed E-state index contributed by atoms with van der Waals surface area (Å²) in [4.78, 5) is 5.15. The number of hydrogen-bond donors (Lipinski definition) is 1. The van der Waals surface area contributed by atoms with Crippen LogP contribution in [0.15, 0.2) is 0 Å². The Labute approximate surface area is 108 Å². The summed E-state index contributed by atoms with van der Waals surface area (Å²) in [6, 6.07) is 2.08. The number of rotatable bonds is 6. The zero-order chi connectivity index (χ0) is 12.8. The van der Waals surface area contributed by atoms with E-state index in [0.29, 0.717) is 18.1 Å². The van der Waals surface area contributed by atoms with Crippen molar-refractivity contribution in [2.75, 3.05) is 33.2 Å². The molecule has 0 aromatic carbocycles. The summed E-state index contributed by atoms with van der Waals surface area (Å²) in [5.74, 6) is 0. The summed E-state index contributed by atoms with van der Waals surface area (Å²) in [5, 5.41) is 3.50. The molecule has 0 amide bonds. The highest BCUT2D eigenvalue weighted by atomic mass is 15.3. The van der Waals surface area contributed by atoms with Crippen LogP contribution in [0.1, 0.15) is 40.5 Å². The first-order valence-electron chi connectivity index (χ1n) is 7.23. The minimum atomic E-state index is 0.685. The van der Waals surface area contributed by atoms with Crippen LogP contribution < -0.4 is 5.32 Å². The van der Waals surface area contributed by atoms with Gasteiger partial charge in [0.2, 0.25) is 0 Å². The van der Waals surface area contributed by atoms with Crippen LogP contribution in [-0.4, -0.2) is 61.2 Å². The maximum absolute atomic E-state index is 3.50. The van der Waals surface area contributed by atoms with Crippen LogP contribution in [0, 0.1) is 0 Å². The molecule has 0 aliphatic carbocycles. The van der Waals surface area contributed by atoms with Crippen molar-refractivity contribution >= 4 is 0 Å². The average molecular weight is 241 g/mol. The standard InChI is InChI=1S/C14H31N3/c1-6-8-15-9-7-12(2)17-10-13(3)16(5)14(4)11-17/h12-15H,6-11H2,1-5H3. The molecule has 0 spiro atoms. The number of nitrogens with zero attached hydrogens (tertiary/aromatic N) is 2. The van der Waals surface area contributed by atoms with E-state index < -0.39 is 0 Å². The monoisotopic (exact) mass is 241 g/mol. The molecule has 3 heteroatoms. The molecule has 1 saturated heterocycles. The van der Waals surface area contributed by atoms with E-state index in [1.54, 1.807) is 0 Å². The normalized spacial score (nSPS) is 29.5. The van der Waals surface area contributed by atoms with Crippen molar-refractivity contribution in [1.29, 1.82) is 0 Å². The van der Waals surface area contributed by atoms with Gasteiger partial charge in [-0.25, -0.2) is 0 Å². The van der Waals surface area contributed by atoms with Crippen LogP contribution in [0.25, 0.3) is 0 Å². The Balaban J connectivity index is 2.29. The van der Waals surface area contributed by atoms with Crippen molar-refractivity contribution in [3.05, 3.63) is 0 Å². The molecule has 1 fully saturated rings. The SMILES string of the molecule is CCCNCCC(C)N1CC(C)N(C)C(C)C1. The fourth-order valence-electron chi connectivity index (χ4n) is 2.60. The molecule has 0 aromatic heterocycles. The van der Waals surface area contributed by atoms with Crippen molar-refractivity contribution in [3.63, 3.8) is 0 Å². The van der Waals surface area contributed by atoms with Gasteiger partial charge in [0.1, 0.15) is 0 Å². The number of nitrogens with one attached hydrogen (secondary N) is 1. The van der Waals surface area contributed by atoms with E-state index in [4.69, 9.17) is 0 Å². The molecule has 1 rings (SSSR count). The van der Waals surface area contributed by atoms with Crippen molar-refractivity contribution in [2.24, 2.45) is 0 Å². The van der Waals surface area contributed by atoms with Gasteiger partial charge in [-0.15, -0.1) is 0 Å². The van der Waals surface area contributed by atoms with Gasteiger partial charge in [-0.2, -0.15) is 0 Å². The molecule has 1 heterocycles. The van der Waals surface area contributed by atoms with Gasteiger partial charge < -0.3 is 5.32 Å². The first-order chi connectivity index (χ1) is 8.06. The molecule has 1 aliphatic heterocycles. The third-order valence-electron chi connectivity index (χ3n) is 4.18. The Morgan fingerprint density at radius 2 is 1.76 bits per heavy atom. The summed E-state index contributed by atoms with van der Waals surface area (Å²) < 4.78 is 0. The quantitative estimate of drug-likeness (QED) is 0.715. The predicted octanol–water partition coefficient (Wildman–Crippen LogP) is 1.79. The molecule has 17 heavy (non-hydrogen) atoms. The maximum atomic E-state index is 3.50. The first-order valence-corrected chi connectivity index (χ1v) is 7.23. The van der Waals surface area contributed by atoms with E-state index >= 15 is 0 Å². The average Bonchev–Trinajstić information content (AvgIpc) is 2.30. The number of likely N-dealkylation sites (N-methyl/N-ethyl adjacent to an activating group) is 1. The van der Waals surface area contributed by atoms with Crippen LogP contribution in [0.2, 0.25) is 0 Å². The maximum Gasteiger partial charge on any atom is 0.0195 e. The summed E-state index contributed by atoms with van der Waals surface area (Å²) in [6.07, 6.45) is 2.50. The lowest BCUT2D eigenvalue weighted by atomic mass is 10.1. The highest BCUT2D eigenvalue weighted by molar-refractivity contribution is 4.85. The fraction of sp³-hybridized carbons (Fsp3) is 1.00. The van der Waals surface area contributed by atoms with Crippen molar-refractivity contribution in [3.8, 4) is 0 Å². The van der Waals surface area contributed by atoms with Crippen LogP contribution >= 0.6 is 0 Å². The second-order valence-corrected chi connectivity index (χ2v) is 5.71. The largest absolute Gasteiger partial charge is 0.317 e. The summed E-state index contributed by atoms with van der Waals surface area (Å²) in [7, 11) is 2.25. The zero-order valence-corrected chi connectivity index (χ0v) is 12.4. The lowest BCUT2D eigenvalue weighted by Crippen LogP contribution is -2.57. The van der Waals surface area contributed by atoms with Crippen LogP contribution in [-0.2, 0) is 0 Å². The summed E-state index contributed by atoms with van der Waals surface area (Å²) in [5.41, 5.74) is 0. The molecule has 0 aromatic rings. The Bertz CT molecular complexity index is 196. The van der Waals surface area contributed by atoms with Crippen molar-refractivity contribution in [1.82, 2.24) is 15.1 Å². The van der Waals surface area contributed by atoms with E-state index in [2.05, 4.69) is 49.9 Å². The van der Waals surface area contributed by atoms with Gasteiger partial charge in [-0.3, -0.25) is 9.80 Å². The molecule has 0 saturated carbocycles. The van der Waals surface area contributed by atoms with Gasteiger partial charge in [0.05, 0.1) is 0 Å². The summed E-state index contributed by atoms with van der Waals surface area (Å²) in [6.45, 7) is 14.0. The first kappa shape index (κ1) is 14.9. The Hall–Kier alpha value is -0.120. The van der Waals surface area contributed by atoms with Crippen LogP contribution in [0.3, 0.4) is 0 Å². The Morgan fingerprint density at radius 3 is 2.29 bits per heavy atom. The molecule has 0 radical (unpaired) electrons. The smallest absolute Gasteiger partial charge is 0.0195 e. The molecule has 3 unspecified atom stereocenters. The minimum Gasteiger partial charge on any atom is -0.317 e. The van der Waals surface area contributed by atoms with E-state index in [9.17, 15) is 0 Å². The van der Waals surface area contributed by atoms with E-state index in [0.717, 1.165) is 13.1 Å². The van der Waals surface area contributed by atoms with Crippen LogP contribution in [0.5, 0.6) is 0 Å². The third kappa shape index (κ3) is 4.57. The van der Waals surface area contributed by atoms with Gasteiger partial charge in [0, 0.05) is 31.2 Å². The second kappa shape index (κ2) is 7.34. The molecule has 0 bridgehead atoms. The van der Waals surface area contributed by atoms with Crippen LogP contribution in [0.4, 0.5) is 0 Å². The Kier molecular flexibility index (Phi) is 6.45. The molecular weight excluding hydrogens is 210 g/mol. The second-order valence-electron chi connectivity index (χ2n) is 5.71. The topological polar surface area (TPSA) is 18.5 Å². The molecule has 1 aliphatic rings. The number of hydrogen-bond acceptors (Lipinski definition) is 3. The summed E-state index contributed by atoms with van der Waals surface area (Å²) >= 11 is 0. The molecule has 3 atom stereocenters. The van der Waals surface area contributed by atoms with E-state index in [-0.39, 0.29) is 0 Å². The lowest BCUT2D eigenvalue weighted by Gasteiger charge is -2.45. The van der Waals surface area contributed by atoms with Gasteiger partial charge >= 0.3 is 0 Å². The highest BCUT2D eigenvalue weighted by Gasteiger charge is 2.28. The van der Waals surface area contributed by atoms with Crippen molar-refractivity contribution < 1.29 is 0 Å². The van der Waals surface area contributed by atoms with Gasteiger partial charge in [-0.05, 0) is 53.8 Å². The zero-order valence-electron chi connectivity index (χ0n) is 12.4. The highest BCUT2D eigenvalue weighted by Crippen LogP contribution is 2.16. The van der Waals surface area contributed by atoms with Crippen molar-refractivity contribution in [2.45, 2.75) is 58.7 Å². The molecule has 1 N–H and O–H groups in total. The fourth-order valence-corrected chi connectivity index (χ4v) is 2.60. The third-order valence-corrected chi connectivity index (χ3v) is 4.18. The number of piperazine rings is 1. The lowest BCUT2D eigenvalue weighted by molar-refractivity contribution is 0.0361. The predicted molar refractivity (Wildman–Crippen MR) is 75.5 cm³/mol. The van der Waals surface area contributed by atoms with Gasteiger partial charge in [-0.1, -0.05) is 6.92 Å². The molecule has 3 nitrogen and oxygen atoms in total. The molecular formula is C14H31N3. The Morgan fingerprint density at radius 1 is 1.18 bits per heavy atom. The van der Waals surface area contributed by atoms with Gasteiger partial charge in [0.25, 0.3) is 0 Å². The van der Waals surface area contributed by atoms with Gasteiger partial charge in [0.15, 0.2) is 0 Å². The molecule has 102 valence electrons.